The summed E-state index contributed by atoms with van der Waals surface area (Å²) in [6.07, 6.45) is 0.298. The number of nitrogens with zero attached hydrogens (tertiary/aromatic N) is 2. The van der Waals surface area contributed by atoms with Crippen LogP contribution in [0.1, 0.15) is 30.5 Å². The number of aryl methyl sites for hydroxylation is 1. The van der Waals surface area contributed by atoms with Crippen LogP contribution < -0.4 is 10.1 Å². The maximum absolute atomic E-state index is 12.5. The molecule has 0 radical (unpaired) electrons. The third kappa shape index (κ3) is 4.48. The third-order valence-electron chi connectivity index (χ3n) is 4.58. The fraction of sp³-hybridized carbons (Fsp3) is 0.286. The minimum absolute atomic E-state index is 0.0586. The molecule has 0 unspecified atom stereocenters. The van der Waals surface area contributed by atoms with Gasteiger partial charge in [-0.1, -0.05) is 42.0 Å². The number of para-hydroxylation sites is 1. The second-order valence-corrected chi connectivity index (χ2v) is 7.04. The molecule has 0 saturated heterocycles. The number of methoxy groups -OCH3 is 1. The summed E-state index contributed by atoms with van der Waals surface area (Å²) in [5, 5.41) is 10.2. The summed E-state index contributed by atoms with van der Waals surface area (Å²) < 4.78 is 7.74. The molecule has 1 atom stereocenters. The number of hydrogen-bond acceptors (Lipinski definition) is 4. The fourth-order valence-corrected chi connectivity index (χ4v) is 3.38. The van der Waals surface area contributed by atoms with E-state index in [-0.39, 0.29) is 11.9 Å². The van der Waals surface area contributed by atoms with E-state index in [1.165, 1.54) is 0 Å². The largest absolute Gasteiger partial charge is 0.496 e. The highest BCUT2D eigenvalue weighted by Crippen LogP contribution is 2.24. The SMILES string of the molecule is COc1ccccc1[C@@H](C)NC(=O)CCn1c(-c2cccc(C)c2)n[nH]c1=S. The average Bonchev–Trinajstić information content (AvgIpc) is 3.06. The number of H-pyrrole nitrogens is 1. The van der Waals surface area contributed by atoms with E-state index >= 15 is 0 Å². The van der Waals surface area contributed by atoms with Gasteiger partial charge in [0.15, 0.2) is 10.6 Å². The van der Waals surface area contributed by atoms with Gasteiger partial charge in [0.05, 0.1) is 13.2 Å². The maximum atomic E-state index is 12.5. The van der Waals surface area contributed by atoms with Crippen molar-refractivity contribution in [1.82, 2.24) is 20.1 Å². The predicted molar refractivity (Wildman–Crippen MR) is 112 cm³/mol. The molecule has 0 aliphatic heterocycles. The Morgan fingerprint density at radius 2 is 2.07 bits per heavy atom. The van der Waals surface area contributed by atoms with Crippen LogP contribution >= 0.6 is 12.2 Å². The van der Waals surface area contributed by atoms with Crippen LogP contribution in [-0.2, 0) is 11.3 Å². The number of ether oxygens (including phenoxy) is 1. The summed E-state index contributed by atoms with van der Waals surface area (Å²) in [6, 6.07) is 15.6. The zero-order valence-corrected chi connectivity index (χ0v) is 17.0. The molecule has 0 fully saturated rings. The minimum atomic E-state index is -0.155. The topological polar surface area (TPSA) is 71.9 Å². The first-order chi connectivity index (χ1) is 13.5. The van der Waals surface area contributed by atoms with Crippen molar-refractivity contribution in [2.75, 3.05) is 7.11 Å². The monoisotopic (exact) mass is 396 g/mol. The molecular weight excluding hydrogens is 372 g/mol. The summed E-state index contributed by atoms with van der Waals surface area (Å²) in [5.41, 5.74) is 3.05. The van der Waals surface area contributed by atoms with Gasteiger partial charge in [-0.2, -0.15) is 5.10 Å². The van der Waals surface area contributed by atoms with Gasteiger partial charge in [-0.3, -0.25) is 14.5 Å². The van der Waals surface area contributed by atoms with Crippen LogP contribution in [0.25, 0.3) is 11.4 Å². The predicted octanol–water partition coefficient (Wildman–Crippen LogP) is 4.19. The van der Waals surface area contributed by atoms with Crippen LogP contribution in [0.3, 0.4) is 0 Å². The van der Waals surface area contributed by atoms with Gasteiger partial charge in [0, 0.05) is 24.1 Å². The lowest BCUT2D eigenvalue weighted by molar-refractivity contribution is -0.121. The Morgan fingerprint density at radius 3 is 2.82 bits per heavy atom. The van der Waals surface area contributed by atoms with Crippen LogP contribution in [0.4, 0.5) is 0 Å². The van der Waals surface area contributed by atoms with E-state index in [1.54, 1.807) is 7.11 Å². The number of nitrogens with one attached hydrogen (secondary N) is 2. The standard InChI is InChI=1S/C21H24N4O2S/c1-14-7-6-8-16(13-14)20-23-24-21(28)25(20)12-11-19(26)22-15(2)17-9-4-5-10-18(17)27-3/h4-10,13,15H,11-12H2,1-3H3,(H,22,26)(H,24,28)/t15-/m1/s1. The lowest BCUT2D eigenvalue weighted by Crippen LogP contribution is -2.27. The summed E-state index contributed by atoms with van der Waals surface area (Å²) in [7, 11) is 1.63. The van der Waals surface area contributed by atoms with Crippen molar-refractivity contribution in [1.29, 1.82) is 0 Å². The van der Waals surface area contributed by atoms with Gasteiger partial charge in [0.2, 0.25) is 5.91 Å². The van der Waals surface area contributed by atoms with Gasteiger partial charge in [-0.25, -0.2) is 0 Å². The van der Waals surface area contributed by atoms with Crippen LogP contribution in [0.5, 0.6) is 5.75 Å². The molecule has 0 spiro atoms. The Balaban J connectivity index is 1.69. The van der Waals surface area contributed by atoms with Gasteiger partial charge in [-0.15, -0.1) is 0 Å². The molecule has 1 amide bonds. The van der Waals surface area contributed by atoms with E-state index in [0.29, 0.717) is 17.7 Å². The number of hydrogen-bond donors (Lipinski definition) is 2. The Labute approximate surface area is 169 Å². The molecule has 2 aromatic carbocycles. The number of amides is 1. The van der Waals surface area contributed by atoms with Crippen LogP contribution in [0.15, 0.2) is 48.5 Å². The first-order valence-corrected chi connectivity index (χ1v) is 9.55. The first-order valence-electron chi connectivity index (χ1n) is 9.14. The molecule has 3 rings (SSSR count). The van der Waals surface area contributed by atoms with Crippen molar-refractivity contribution in [3.05, 3.63) is 64.4 Å². The third-order valence-corrected chi connectivity index (χ3v) is 4.89. The fourth-order valence-electron chi connectivity index (χ4n) is 3.16. The van der Waals surface area contributed by atoms with Crippen molar-refractivity contribution < 1.29 is 9.53 Å². The zero-order valence-electron chi connectivity index (χ0n) is 16.2. The Hall–Kier alpha value is -2.93. The van der Waals surface area contributed by atoms with E-state index in [4.69, 9.17) is 17.0 Å². The van der Waals surface area contributed by atoms with Crippen molar-refractivity contribution >= 4 is 18.1 Å². The van der Waals surface area contributed by atoms with E-state index in [1.807, 2.05) is 66.9 Å². The summed E-state index contributed by atoms with van der Waals surface area (Å²) in [6.45, 7) is 4.42. The summed E-state index contributed by atoms with van der Waals surface area (Å²) >= 11 is 5.35. The number of carbonyl (C=O) groups excluding carboxylic acids is 1. The van der Waals surface area contributed by atoms with Crippen LogP contribution in [0, 0.1) is 11.7 Å². The molecule has 1 aromatic heterocycles. The lowest BCUT2D eigenvalue weighted by Gasteiger charge is -2.17. The van der Waals surface area contributed by atoms with E-state index < -0.39 is 0 Å². The van der Waals surface area contributed by atoms with E-state index in [9.17, 15) is 4.79 Å². The Morgan fingerprint density at radius 1 is 1.29 bits per heavy atom. The van der Waals surface area contributed by atoms with Gasteiger partial charge >= 0.3 is 0 Å². The van der Waals surface area contributed by atoms with Gasteiger partial charge in [-0.05, 0) is 38.2 Å². The normalized spacial score (nSPS) is 11.8. The highest BCUT2D eigenvalue weighted by Gasteiger charge is 2.15. The molecule has 0 aliphatic rings. The molecule has 7 heteroatoms. The lowest BCUT2D eigenvalue weighted by atomic mass is 10.1. The number of aromatic amines is 1. The summed E-state index contributed by atoms with van der Waals surface area (Å²) in [5.74, 6) is 1.44. The molecule has 6 nitrogen and oxygen atoms in total. The van der Waals surface area contributed by atoms with Crippen LogP contribution in [-0.4, -0.2) is 27.8 Å². The quantitative estimate of drug-likeness (QED) is 0.588. The average molecular weight is 397 g/mol. The molecule has 28 heavy (non-hydrogen) atoms. The van der Waals surface area contributed by atoms with E-state index in [2.05, 4.69) is 15.5 Å². The second kappa shape index (κ2) is 8.84. The Kier molecular flexibility index (Phi) is 6.26. The highest BCUT2D eigenvalue weighted by atomic mass is 32.1. The van der Waals surface area contributed by atoms with Gasteiger partial charge in [0.25, 0.3) is 0 Å². The van der Waals surface area contributed by atoms with Crippen molar-refractivity contribution in [3.8, 4) is 17.1 Å². The number of benzene rings is 2. The molecule has 0 aliphatic carbocycles. The number of carbonyl (C=O) groups is 1. The molecular formula is C21H24N4O2S. The number of rotatable bonds is 7. The molecule has 0 bridgehead atoms. The molecule has 2 N–H and O–H groups in total. The first kappa shape index (κ1) is 19.8. The van der Waals surface area contributed by atoms with Crippen molar-refractivity contribution in [2.24, 2.45) is 0 Å². The smallest absolute Gasteiger partial charge is 0.222 e. The second-order valence-electron chi connectivity index (χ2n) is 6.65. The Bertz CT molecular complexity index is 1020. The minimum Gasteiger partial charge on any atom is -0.496 e. The maximum Gasteiger partial charge on any atom is 0.222 e. The van der Waals surface area contributed by atoms with Crippen molar-refractivity contribution in [3.63, 3.8) is 0 Å². The van der Waals surface area contributed by atoms with Crippen LogP contribution in [0.2, 0.25) is 0 Å². The molecule has 146 valence electrons. The van der Waals surface area contributed by atoms with Gasteiger partial charge in [0.1, 0.15) is 5.75 Å². The highest BCUT2D eigenvalue weighted by molar-refractivity contribution is 7.71. The molecule has 0 saturated carbocycles. The van der Waals surface area contributed by atoms with Gasteiger partial charge < -0.3 is 10.1 Å². The zero-order chi connectivity index (χ0) is 20.1. The molecule has 1 heterocycles. The molecule has 3 aromatic rings. The summed E-state index contributed by atoms with van der Waals surface area (Å²) in [4.78, 5) is 12.5. The van der Waals surface area contributed by atoms with E-state index in [0.717, 1.165) is 28.3 Å². The van der Waals surface area contributed by atoms with Crippen molar-refractivity contribution in [2.45, 2.75) is 32.9 Å². The number of aromatic nitrogens is 3.